The van der Waals surface area contributed by atoms with E-state index in [0.717, 1.165) is 25.9 Å². The van der Waals surface area contributed by atoms with Crippen LogP contribution in [-0.4, -0.2) is 36.1 Å². The molecule has 3 N–H and O–H groups in total. The van der Waals surface area contributed by atoms with E-state index in [4.69, 9.17) is 5.11 Å². The van der Waals surface area contributed by atoms with Crippen molar-refractivity contribution in [3.8, 4) is 0 Å². The average molecular weight is 242 g/mol. The molecule has 0 aromatic rings. The molecular weight excluding hydrogens is 220 g/mol. The monoisotopic (exact) mass is 242 g/mol. The highest BCUT2D eigenvalue weighted by atomic mass is 16.4. The second kappa shape index (κ2) is 6.00. The van der Waals surface area contributed by atoms with Crippen molar-refractivity contribution in [1.29, 1.82) is 0 Å². The number of carboxylic acid groups (broad SMARTS) is 1. The lowest BCUT2D eigenvalue weighted by Gasteiger charge is -2.27. The summed E-state index contributed by atoms with van der Waals surface area (Å²) in [5.41, 5.74) is -0.294. The van der Waals surface area contributed by atoms with Gasteiger partial charge in [-0.15, -0.1) is 0 Å². The van der Waals surface area contributed by atoms with Gasteiger partial charge in [0.2, 0.25) is 5.91 Å². The summed E-state index contributed by atoms with van der Waals surface area (Å²) < 4.78 is 0. The summed E-state index contributed by atoms with van der Waals surface area (Å²) in [6.07, 6.45) is 2.26. The molecule has 0 aliphatic carbocycles. The second-order valence-corrected chi connectivity index (χ2v) is 4.87. The van der Waals surface area contributed by atoms with Gasteiger partial charge in [0.25, 0.3) is 0 Å². The van der Waals surface area contributed by atoms with Crippen molar-refractivity contribution in [3.63, 3.8) is 0 Å². The van der Waals surface area contributed by atoms with Crippen LogP contribution in [0.1, 0.15) is 39.5 Å². The van der Waals surface area contributed by atoms with Crippen LogP contribution >= 0.6 is 0 Å². The molecule has 1 saturated heterocycles. The Labute approximate surface area is 102 Å². The highest BCUT2D eigenvalue weighted by molar-refractivity contribution is 5.83. The summed E-state index contributed by atoms with van der Waals surface area (Å²) in [5, 5.41) is 14.7. The van der Waals surface area contributed by atoms with Gasteiger partial charge in [0.15, 0.2) is 0 Å². The highest BCUT2D eigenvalue weighted by Crippen LogP contribution is 2.29. The number of nitrogens with one attached hydrogen (secondary N) is 2. The van der Waals surface area contributed by atoms with Crippen LogP contribution in [-0.2, 0) is 9.59 Å². The zero-order valence-electron chi connectivity index (χ0n) is 10.6. The van der Waals surface area contributed by atoms with Crippen LogP contribution in [0, 0.1) is 5.41 Å². The predicted molar refractivity (Wildman–Crippen MR) is 64.7 cm³/mol. The first kappa shape index (κ1) is 14.0. The van der Waals surface area contributed by atoms with E-state index in [1.165, 1.54) is 0 Å². The lowest BCUT2D eigenvalue weighted by atomic mass is 9.83. The third-order valence-corrected chi connectivity index (χ3v) is 3.57. The Hall–Kier alpha value is -1.10. The number of carbonyl (C=O) groups excluding carboxylic acids is 1. The molecule has 1 aliphatic heterocycles. The van der Waals surface area contributed by atoms with Gasteiger partial charge in [-0.05, 0) is 32.7 Å². The first-order valence-electron chi connectivity index (χ1n) is 6.23. The molecule has 1 amide bonds. The summed E-state index contributed by atoms with van der Waals surface area (Å²) in [7, 11) is 0. The van der Waals surface area contributed by atoms with Gasteiger partial charge in [-0.2, -0.15) is 0 Å². The number of aliphatic carboxylic acids is 1. The number of hydrogen-bond donors (Lipinski definition) is 3. The highest BCUT2D eigenvalue weighted by Gasteiger charge is 2.39. The molecule has 98 valence electrons. The largest absolute Gasteiger partial charge is 0.481 e. The minimum Gasteiger partial charge on any atom is -0.481 e. The van der Waals surface area contributed by atoms with Crippen molar-refractivity contribution in [1.82, 2.24) is 10.6 Å². The smallest absolute Gasteiger partial charge is 0.303 e. The Morgan fingerprint density at radius 1 is 1.53 bits per heavy atom. The Bertz CT molecular complexity index is 285. The fraction of sp³-hybridized carbons (Fsp3) is 0.833. The van der Waals surface area contributed by atoms with Crippen LogP contribution in [0.2, 0.25) is 0 Å². The molecule has 17 heavy (non-hydrogen) atoms. The van der Waals surface area contributed by atoms with E-state index in [2.05, 4.69) is 10.6 Å². The maximum atomic E-state index is 12.2. The molecule has 0 bridgehead atoms. The van der Waals surface area contributed by atoms with E-state index in [1.807, 2.05) is 13.8 Å². The van der Waals surface area contributed by atoms with Crippen molar-refractivity contribution < 1.29 is 14.7 Å². The van der Waals surface area contributed by atoms with Crippen LogP contribution in [0.5, 0.6) is 0 Å². The summed E-state index contributed by atoms with van der Waals surface area (Å²) in [4.78, 5) is 22.6. The van der Waals surface area contributed by atoms with Gasteiger partial charge < -0.3 is 15.7 Å². The van der Waals surface area contributed by atoms with Gasteiger partial charge in [-0.1, -0.05) is 6.92 Å². The fourth-order valence-corrected chi connectivity index (χ4v) is 2.19. The van der Waals surface area contributed by atoms with Gasteiger partial charge in [0, 0.05) is 19.0 Å². The van der Waals surface area contributed by atoms with Gasteiger partial charge in [0.1, 0.15) is 0 Å². The Morgan fingerprint density at radius 3 is 2.71 bits per heavy atom. The molecule has 0 spiro atoms. The maximum absolute atomic E-state index is 12.2. The van der Waals surface area contributed by atoms with Crippen molar-refractivity contribution in [2.24, 2.45) is 5.41 Å². The van der Waals surface area contributed by atoms with E-state index >= 15 is 0 Å². The van der Waals surface area contributed by atoms with Crippen LogP contribution in [0.4, 0.5) is 0 Å². The Kier molecular flexibility index (Phi) is 4.93. The first-order chi connectivity index (χ1) is 8.00. The van der Waals surface area contributed by atoms with Crippen LogP contribution in [0.15, 0.2) is 0 Å². The topological polar surface area (TPSA) is 78.4 Å². The quantitative estimate of drug-likeness (QED) is 0.642. The zero-order valence-corrected chi connectivity index (χ0v) is 10.6. The van der Waals surface area contributed by atoms with Gasteiger partial charge >= 0.3 is 5.97 Å². The number of carboxylic acids is 1. The molecule has 1 heterocycles. The average Bonchev–Trinajstić information content (AvgIpc) is 2.76. The lowest BCUT2D eigenvalue weighted by molar-refractivity contribution is -0.138. The summed E-state index contributed by atoms with van der Waals surface area (Å²) in [6.45, 7) is 5.48. The third kappa shape index (κ3) is 3.70. The first-order valence-corrected chi connectivity index (χ1v) is 6.23. The van der Waals surface area contributed by atoms with E-state index < -0.39 is 5.97 Å². The van der Waals surface area contributed by atoms with Gasteiger partial charge in [0.05, 0.1) is 5.41 Å². The van der Waals surface area contributed by atoms with E-state index in [-0.39, 0.29) is 23.8 Å². The van der Waals surface area contributed by atoms with Crippen LogP contribution in [0.25, 0.3) is 0 Å². The molecule has 0 saturated carbocycles. The van der Waals surface area contributed by atoms with E-state index in [1.54, 1.807) is 0 Å². The van der Waals surface area contributed by atoms with Crippen LogP contribution in [0.3, 0.4) is 0 Å². The molecule has 2 atom stereocenters. The molecule has 1 fully saturated rings. The minimum absolute atomic E-state index is 0.0582. The van der Waals surface area contributed by atoms with Crippen molar-refractivity contribution in [3.05, 3.63) is 0 Å². The summed E-state index contributed by atoms with van der Waals surface area (Å²) in [6, 6.07) is -0.0809. The Morgan fingerprint density at radius 2 is 2.24 bits per heavy atom. The van der Waals surface area contributed by atoms with Crippen molar-refractivity contribution >= 4 is 11.9 Å². The number of hydrogen-bond acceptors (Lipinski definition) is 3. The number of amides is 1. The third-order valence-electron chi connectivity index (χ3n) is 3.57. The van der Waals surface area contributed by atoms with E-state index in [9.17, 15) is 9.59 Å². The fourth-order valence-electron chi connectivity index (χ4n) is 2.19. The predicted octanol–water partition coefficient (Wildman–Crippen LogP) is 0.746. The number of carbonyl (C=O) groups is 2. The molecular formula is C12H22N2O3. The van der Waals surface area contributed by atoms with E-state index in [0.29, 0.717) is 6.42 Å². The SMILES string of the molecule is CCC1(C(=O)NC(C)CCC(=O)O)CCNC1. The van der Waals surface area contributed by atoms with Crippen LogP contribution < -0.4 is 10.6 Å². The van der Waals surface area contributed by atoms with Gasteiger partial charge in [-0.3, -0.25) is 9.59 Å². The standard InChI is InChI=1S/C12H22N2O3/c1-3-12(6-7-13-8-12)11(17)14-9(2)4-5-10(15)16/h9,13H,3-8H2,1-2H3,(H,14,17)(H,15,16). The molecule has 0 radical (unpaired) electrons. The Balaban J connectivity index is 2.44. The van der Waals surface area contributed by atoms with Crippen molar-refractivity contribution in [2.75, 3.05) is 13.1 Å². The minimum atomic E-state index is -0.821. The second-order valence-electron chi connectivity index (χ2n) is 4.87. The molecule has 0 aromatic carbocycles. The summed E-state index contributed by atoms with van der Waals surface area (Å²) in [5.74, 6) is -0.762. The molecule has 5 nitrogen and oxygen atoms in total. The summed E-state index contributed by atoms with van der Waals surface area (Å²) >= 11 is 0. The molecule has 0 aromatic heterocycles. The number of rotatable bonds is 6. The molecule has 1 rings (SSSR count). The molecule has 5 heteroatoms. The van der Waals surface area contributed by atoms with Crippen molar-refractivity contribution in [2.45, 2.75) is 45.6 Å². The zero-order chi connectivity index (χ0) is 12.9. The maximum Gasteiger partial charge on any atom is 0.303 e. The van der Waals surface area contributed by atoms with Gasteiger partial charge in [-0.25, -0.2) is 0 Å². The molecule has 1 aliphatic rings. The molecule has 2 unspecified atom stereocenters. The lowest BCUT2D eigenvalue weighted by Crippen LogP contribution is -2.45. The normalized spacial score (nSPS) is 25.5.